The first kappa shape index (κ1) is 13.4. The molecule has 0 aromatic carbocycles. The molecule has 0 N–H and O–H groups in total. The van der Waals surface area contributed by atoms with Gasteiger partial charge in [-0.05, 0) is 29.7 Å². The van der Waals surface area contributed by atoms with Gasteiger partial charge in [-0.3, -0.25) is 19.4 Å². The standard InChI is InChI=1S/C14H13N5OS/c1-18(14(20)12-5-7-16-21-12)13-8-11(17-19(13)2)10-4-3-6-15-9-10/h3-9H,1-2H3. The Labute approximate surface area is 125 Å². The number of aryl methyl sites for hydroxylation is 1. The summed E-state index contributed by atoms with van der Waals surface area (Å²) in [6.07, 6.45) is 5.08. The van der Waals surface area contributed by atoms with E-state index in [1.54, 1.807) is 41.3 Å². The third-order valence-corrected chi connectivity index (χ3v) is 3.84. The maximum absolute atomic E-state index is 12.3. The molecule has 3 aromatic heterocycles. The summed E-state index contributed by atoms with van der Waals surface area (Å²) >= 11 is 1.18. The van der Waals surface area contributed by atoms with Gasteiger partial charge in [0.2, 0.25) is 0 Å². The van der Waals surface area contributed by atoms with Crippen LogP contribution in [0.15, 0.2) is 42.9 Å². The van der Waals surface area contributed by atoms with Crippen molar-refractivity contribution in [3.05, 3.63) is 47.7 Å². The normalized spacial score (nSPS) is 10.6. The zero-order valence-corrected chi connectivity index (χ0v) is 12.4. The van der Waals surface area contributed by atoms with Crippen LogP contribution in [0.25, 0.3) is 11.3 Å². The van der Waals surface area contributed by atoms with Crippen LogP contribution >= 0.6 is 11.5 Å². The van der Waals surface area contributed by atoms with Gasteiger partial charge in [-0.15, -0.1) is 0 Å². The average molecular weight is 299 g/mol. The highest BCUT2D eigenvalue weighted by molar-refractivity contribution is 7.08. The van der Waals surface area contributed by atoms with E-state index in [2.05, 4.69) is 14.5 Å². The SMILES string of the molecule is CN(C(=O)c1ccns1)c1cc(-c2cccnc2)nn1C. The molecule has 0 aliphatic carbocycles. The van der Waals surface area contributed by atoms with Crippen molar-refractivity contribution in [1.82, 2.24) is 19.1 Å². The van der Waals surface area contributed by atoms with E-state index in [4.69, 9.17) is 0 Å². The van der Waals surface area contributed by atoms with Gasteiger partial charge in [-0.25, -0.2) is 4.37 Å². The van der Waals surface area contributed by atoms with Crippen LogP contribution in [0, 0.1) is 0 Å². The topological polar surface area (TPSA) is 63.9 Å². The van der Waals surface area contributed by atoms with E-state index in [1.165, 1.54) is 11.5 Å². The van der Waals surface area contributed by atoms with E-state index in [9.17, 15) is 4.79 Å². The lowest BCUT2D eigenvalue weighted by molar-refractivity contribution is 0.0995. The van der Waals surface area contributed by atoms with Gasteiger partial charge < -0.3 is 0 Å². The summed E-state index contributed by atoms with van der Waals surface area (Å²) in [7, 11) is 3.54. The molecule has 0 aliphatic rings. The lowest BCUT2D eigenvalue weighted by Gasteiger charge is -2.15. The number of anilines is 1. The number of carbonyl (C=O) groups excluding carboxylic acids is 1. The maximum Gasteiger partial charge on any atom is 0.270 e. The third kappa shape index (κ3) is 2.55. The van der Waals surface area contributed by atoms with E-state index in [1.807, 2.05) is 25.2 Å². The number of carbonyl (C=O) groups is 1. The van der Waals surface area contributed by atoms with Gasteiger partial charge in [0.05, 0.1) is 5.69 Å². The minimum Gasteiger partial charge on any atom is -0.295 e. The second-order valence-electron chi connectivity index (χ2n) is 4.49. The molecule has 3 rings (SSSR count). The molecule has 0 fully saturated rings. The molecular formula is C14H13N5OS. The van der Waals surface area contributed by atoms with Crippen LogP contribution in [0.3, 0.4) is 0 Å². The zero-order valence-electron chi connectivity index (χ0n) is 11.6. The quantitative estimate of drug-likeness (QED) is 0.744. The fourth-order valence-electron chi connectivity index (χ4n) is 2.02. The Kier molecular flexibility index (Phi) is 3.49. The van der Waals surface area contributed by atoms with Crippen LogP contribution < -0.4 is 4.90 Å². The number of nitrogens with zero attached hydrogens (tertiary/aromatic N) is 5. The molecular weight excluding hydrogens is 286 g/mol. The molecule has 3 heterocycles. The minimum absolute atomic E-state index is 0.0989. The monoisotopic (exact) mass is 299 g/mol. The van der Waals surface area contributed by atoms with Crippen molar-refractivity contribution < 1.29 is 4.79 Å². The Hall–Kier alpha value is -2.54. The number of pyridine rings is 1. The zero-order chi connectivity index (χ0) is 14.8. The summed E-state index contributed by atoms with van der Waals surface area (Å²) in [6.45, 7) is 0. The van der Waals surface area contributed by atoms with Crippen LogP contribution in [-0.4, -0.2) is 32.1 Å². The Balaban J connectivity index is 1.93. The van der Waals surface area contributed by atoms with E-state index < -0.39 is 0 Å². The second kappa shape index (κ2) is 5.45. The lowest BCUT2D eigenvalue weighted by Crippen LogP contribution is -2.27. The predicted molar refractivity (Wildman–Crippen MR) is 81.3 cm³/mol. The molecule has 1 amide bonds. The Bertz CT molecular complexity index is 751. The van der Waals surface area contributed by atoms with Crippen LogP contribution in [0.1, 0.15) is 9.67 Å². The fourth-order valence-corrected chi connectivity index (χ4v) is 2.59. The number of aromatic nitrogens is 4. The highest BCUT2D eigenvalue weighted by Gasteiger charge is 2.19. The van der Waals surface area contributed by atoms with E-state index in [0.717, 1.165) is 11.3 Å². The molecule has 106 valence electrons. The van der Waals surface area contributed by atoms with Crippen molar-refractivity contribution in [2.45, 2.75) is 0 Å². The number of hydrogen-bond donors (Lipinski definition) is 0. The van der Waals surface area contributed by atoms with Crippen molar-refractivity contribution >= 4 is 23.3 Å². The number of rotatable bonds is 3. The largest absolute Gasteiger partial charge is 0.295 e. The average Bonchev–Trinajstić information content (AvgIpc) is 3.16. The Morgan fingerprint density at radius 3 is 2.86 bits per heavy atom. The fraction of sp³-hybridized carbons (Fsp3) is 0.143. The van der Waals surface area contributed by atoms with Crippen molar-refractivity contribution in [2.75, 3.05) is 11.9 Å². The highest BCUT2D eigenvalue weighted by atomic mass is 32.1. The van der Waals surface area contributed by atoms with Gasteiger partial charge in [0.15, 0.2) is 0 Å². The van der Waals surface area contributed by atoms with E-state index >= 15 is 0 Å². The summed E-state index contributed by atoms with van der Waals surface area (Å²) in [5.74, 6) is 0.616. The molecule has 0 aliphatic heterocycles. The van der Waals surface area contributed by atoms with Crippen molar-refractivity contribution in [3.8, 4) is 11.3 Å². The lowest BCUT2D eigenvalue weighted by atomic mass is 10.2. The van der Waals surface area contributed by atoms with E-state index in [-0.39, 0.29) is 5.91 Å². The smallest absolute Gasteiger partial charge is 0.270 e. The molecule has 0 saturated carbocycles. The molecule has 0 spiro atoms. The van der Waals surface area contributed by atoms with Gasteiger partial charge in [0.25, 0.3) is 5.91 Å². The number of amides is 1. The predicted octanol–water partition coefficient (Wildman–Crippen LogP) is 2.22. The van der Waals surface area contributed by atoms with Crippen molar-refractivity contribution in [3.63, 3.8) is 0 Å². The molecule has 0 bridgehead atoms. The Morgan fingerprint density at radius 1 is 1.33 bits per heavy atom. The van der Waals surface area contributed by atoms with Crippen molar-refractivity contribution in [1.29, 1.82) is 0 Å². The summed E-state index contributed by atoms with van der Waals surface area (Å²) in [6, 6.07) is 7.37. The van der Waals surface area contributed by atoms with Gasteiger partial charge in [-0.2, -0.15) is 5.10 Å². The first-order valence-electron chi connectivity index (χ1n) is 6.30. The summed E-state index contributed by atoms with van der Waals surface area (Å²) in [5, 5.41) is 4.44. The maximum atomic E-state index is 12.3. The first-order valence-corrected chi connectivity index (χ1v) is 7.07. The molecule has 3 aromatic rings. The third-order valence-electron chi connectivity index (χ3n) is 3.11. The molecule has 0 unspecified atom stereocenters. The first-order chi connectivity index (χ1) is 10.2. The van der Waals surface area contributed by atoms with Crippen LogP contribution in [0.5, 0.6) is 0 Å². The molecule has 0 atom stereocenters. The van der Waals surface area contributed by atoms with E-state index in [0.29, 0.717) is 10.7 Å². The Morgan fingerprint density at radius 2 is 2.19 bits per heavy atom. The van der Waals surface area contributed by atoms with Gasteiger partial charge in [-0.1, -0.05) is 0 Å². The van der Waals surface area contributed by atoms with Crippen LogP contribution in [-0.2, 0) is 7.05 Å². The van der Waals surface area contributed by atoms with Crippen LogP contribution in [0.2, 0.25) is 0 Å². The summed E-state index contributed by atoms with van der Waals surface area (Å²) < 4.78 is 5.64. The molecule has 7 heteroatoms. The van der Waals surface area contributed by atoms with Gasteiger partial charge in [0.1, 0.15) is 10.7 Å². The van der Waals surface area contributed by atoms with Gasteiger partial charge >= 0.3 is 0 Å². The second-order valence-corrected chi connectivity index (χ2v) is 5.33. The highest BCUT2D eigenvalue weighted by Crippen LogP contribution is 2.23. The van der Waals surface area contributed by atoms with Gasteiger partial charge in [0, 0.05) is 44.3 Å². The molecule has 0 radical (unpaired) electrons. The molecule has 21 heavy (non-hydrogen) atoms. The summed E-state index contributed by atoms with van der Waals surface area (Å²) in [4.78, 5) is 18.6. The number of hydrogen-bond acceptors (Lipinski definition) is 5. The molecule has 6 nitrogen and oxygen atoms in total. The van der Waals surface area contributed by atoms with Crippen molar-refractivity contribution in [2.24, 2.45) is 7.05 Å². The summed E-state index contributed by atoms with van der Waals surface area (Å²) in [5.41, 5.74) is 1.70. The molecule has 0 saturated heterocycles. The van der Waals surface area contributed by atoms with Crippen LogP contribution in [0.4, 0.5) is 5.82 Å². The minimum atomic E-state index is -0.0989.